The first-order valence-electron chi connectivity index (χ1n) is 14.2. The van der Waals surface area contributed by atoms with Gasteiger partial charge in [0.2, 0.25) is 0 Å². The number of benzene rings is 1. The molecule has 5 heteroatoms. The lowest BCUT2D eigenvalue weighted by molar-refractivity contribution is -0.0971. The Bertz CT molecular complexity index is 819. The molecule has 0 aliphatic heterocycles. The van der Waals surface area contributed by atoms with Crippen molar-refractivity contribution in [1.29, 1.82) is 0 Å². The molecule has 3 nitrogen and oxygen atoms in total. The van der Waals surface area contributed by atoms with Crippen molar-refractivity contribution in [3.05, 3.63) is 48.6 Å². The first-order chi connectivity index (χ1) is 16.7. The van der Waals surface area contributed by atoms with Crippen molar-refractivity contribution in [3.8, 4) is 0 Å². The first kappa shape index (κ1) is 34.3. The molecule has 0 saturated carbocycles. The van der Waals surface area contributed by atoms with Crippen molar-refractivity contribution < 1.29 is 13.6 Å². The van der Waals surface area contributed by atoms with Crippen molar-refractivity contribution in [3.63, 3.8) is 0 Å². The first-order valence-corrected chi connectivity index (χ1v) is 20.1. The van der Waals surface area contributed by atoms with Crippen LogP contribution in [0.4, 0.5) is 0 Å². The Morgan fingerprint density at radius 3 is 1.81 bits per heavy atom. The summed E-state index contributed by atoms with van der Waals surface area (Å²) in [6, 6.07) is 10.5. The minimum Gasteiger partial charge on any atom is -0.416 e. The van der Waals surface area contributed by atoms with E-state index in [4.69, 9.17) is 13.6 Å². The van der Waals surface area contributed by atoms with E-state index in [1.54, 1.807) is 0 Å². The number of hydrogen-bond acceptors (Lipinski definition) is 3. The monoisotopic (exact) mass is 548 g/mol. The van der Waals surface area contributed by atoms with Gasteiger partial charge in [-0.2, -0.15) is 0 Å². The summed E-state index contributed by atoms with van der Waals surface area (Å²) in [5.41, 5.74) is 1.03. The van der Waals surface area contributed by atoms with E-state index in [2.05, 4.69) is 132 Å². The molecular formula is C32H60O3Si2. The molecule has 0 aliphatic rings. The molecule has 0 heterocycles. The topological polar surface area (TPSA) is 27.7 Å². The lowest BCUT2D eigenvalue weighted by Gasteiger charge is -2.49. The molecule has 0 aromatic heterocycles. The van der Waals surface area contributed by atoms with Crippen LogP contribution in [0.2, 0.25) is 36.3 Å². The fourth-order valence-corrected chi connectivity index (χ4v) is 7.00. The van der Waals surface area contributed by atoms with Gasteiger partial charge in [-0.1, -0.05) is 106 Å². The van der Waals surface area contributed by atoms with Gasteiger partial charge in [0.25, 0.3) is 0 Å². The second-order valence-electron chi connectivity index (χ2n) is 15.0. The maximum Gasteiger partial charge on any atom is 0.192 e. The predicted molar refractivity (Wildman–Crippen MR) is 167 cm³/mol. The highest BCUT2D eigenvalue weighted by molar-refractivity contribution is 6.74. The van der Waals surface area contributed by atoms with Crippen molar-refractivity contribution >= 4 is 16.6 Å². The van der Waals surface area contributed by atoms with Gasteiger partial charge in [-0.15, -0.1) is 6.58 Å². The van der Waals surface area contributed by atoms with Crippen LogP contribution in [0.5, 0.6) is 0 Å². The lowest BCUT2D eigenvalue weighted by Crippen LogP contribution is -2.55. The smallest absolute Gasteiger partial charge is 0.192 e. The molecule has 0 N–H and O–H groups in total. The molecule has 0 unspecified atom stereocenters. The van der Waals surface area contributed by atoms with Crippen LogP contribution >= 0.6 is 0 Å². The zero-order valence-corrected chi connectivity index (χ0v) is 28.8. The van der Waals surface area contributed by atoms with E-state index in [0.29, 0.717) is 19.1 Å². The lowest BCUT2D eigenvalue weighted by atomic mass is 9.76. The standard InChI is InChI=1S/C32H60O3Si2/c1-16-20-25(2)28(33-23-27-21-18-17-19-22-27)26(3)29(35-37(14,15)31(7,8)9)32(10,11)24-34-36(12,13)30(4,5)6/h16-19,21-22,25-26,28-29H,1,20,23-24H2,2-15H3/t25-,26+,28-,29+/m0/s1. The second-order valence-corrected chi connectivity index (χ2v) is 24.5. The Hall–Kier alpha value is -0.726. The van der Waals surface area contributed by atoms with Crippen LogP contribution in [-0.2, 0) is 20.2 Å². The molecule has 0 fully saturated rings. The molecule has 0 aliphatic carbocycles. The third kappa shape index (κ3) is 9.75. The van der Waals surface area contributed by atoms with E-state index >= 15 is 0 Å². The van der Waals surface area contributed by atoms with Crippen LogP contribution in [0.15, 0.2) is 43.0 Å². The highest BCUT2D eigenvalue weighted by Gasteiger charge is 2.48. The van der Waals surface area contributed by atoms with Crippen molar-refractivity contribution in [2.45, 2.75) is 131 Å². The fourth-order valence-electron chi connectivity index (χ4n) is 4.31. The summed E-state index contributed by atoms with van der Waals surface area (Å²) < 4.78 is 20.9. The summed E-state index contributed by atoms with van der Waals surface area (Å²) in [6.07, 6.45) is 2.98. The van der Waals surface area contributed by atoms with Gasteiger partial charge >= 0.3 is 0 Å². The minimum atomic E-state index is -2.06. The van der Waals surface area contributed by atoms with E-state index in [9.17, 15) is 0 Å². The Morgan fingerprint density at radius 2 is 1.35 bits per heavy atom. The number of allylic oxidation sites excluding steroid dienone is 1. The molecule has 37 heavy (non-hydrogen) atoms. The molecule has 4 atom stereocenters. The van der Waals surface area contributed by atoms with E-state index in [1.807, 2.05) is 6.08 Å². The Labute approximate surface area is 233 Å². The average molecular weight is 549 g/mol. The maximum atomic E-state index is 7.31. The Balaban J connectivity index is 3.40. The molecule has 0 amide bonds. The molecule has 0 spiro atoms. The molecule has 0 saturated heterocycles. The van der Waals surface area contributed by atoms with Crippen molar-refractivity contribution in [2.24, 2.45) is 17.3 Å². The molecule has 1 aromatic carbocycles. The van der Waals surface area contributed by atoms with E-state index in [-0.39, 0.29) is 33.6 Å². The average Bonchev–Trinajstić information content (AvgIpc) is 2.75. The SMILES string of the molecule is C=CC[C@H](C)[C@H](OCc1ccccc1)[C@@H](C)[C@@H](O[Si](C)(C)C(C)(C)C)C(C)(C)CO[Si](C)(C)C(C)(C)C. The van der Waals surface area contributed by atoms with Crippen LogP contribution in [0.25, 0.3) is 0 Å². The van der Waals surface area contributed by atoms with Gasteiger partial charge in [0.15, 0.2) is 16.6 Å². The maximum absolute atomic E-state index is 7.31. The van der Waals surface area contributed by atoms with E-state index < -0.39 is 16.6 Å². The number of hydrogen-bond donors (Lipinski definition) is 0. The summed E-state index contributed by atoms with van der Waals surface area (Å²) in [5.74, 6) is 0.518. The molecule has 1 rings (SSSR count). The number of rotatable bonds is 14. The minimum absolute atomic E-state index is 0.00574. The molecule has 0 bridgehead atoms. The van der Waals surface area contributed by atoms with Gasteiger partial charge in [0.1, 0.15) is 0 Å². The van der Waals surface area contributed by atoms with Crippen LogP contribution in [-0.4, -0.2) is 35.4 Å². The fraction of sp³-hybridized carbons (Fsp3) is 0.750. The zero-order valence-electron chi connectivity index (χ0n) is 26.8. The summed E-state index contributed by atoms with van der Waals surface area (Å²) in [7, 11) is -3.96. The van der Waals surface area contributed by atoms with Gasteiger partial charge in [-0.25, -0.2) is 0 Å². The van der Waals surface area contributed by atoms with Gasteiger partial charge in [-0.3, -0.25) is 0 Å². The van der Waals surface area contributed by atoms with Crippen LogP contribution in [0, 0.1) is 17.3 Å². The second kappa shape index (κ2) is 13.1. The van der Waals surface area contributed by atoms with E-state index in [1.165, 1.54) is 5.56 Å². The Morgan fingerprint density at radius 1 is 0.838 bits per heavy atom. The third-order valence-corrected chi connectivity index (χ3v) is 17.9. The summed E-state index contributed by atoms with van der Waals surface area (Å²) in [5, 5.41) is 0.290. The summed E-state index contributed by atoms with van der Waals surface area (Å²) in [6.45, 7) is 37.9. The molecule has 1 aromatic rings. The molecular weight excluding hydrogens is 489 g/mol. The predicted octanol–water partition coefficient (Wildman–Crippen LogP) is 9.86. The van der Waals surface area contributed by atoms with Crippen molar-refractivity contribution in [1.82, 2.24) is 0 Å². The normalized spacial score (nSPS) is 17.2. The third-order valence-electron chi connectivity index (χ3n) is 8.99. The van der Waals surface area contributed by atoms with Gasteiger partial charge in [0, 0.05) is 17.9 Å². The van der Waals surface area contributed by atoms with Gasteiger partial charge in [-0.05, 0) is 54.2 Å². The number of ether oxygens (including phenoxy) is 1. The van der Waals surface area contributed by atoms with Crippen LogP contribution in [0.1, 0.15) is 81.2 Å². The van der Waals surface area contributed by atoms with E-state index in [0.717, 1.165) is 6.42 Å². The molecule has 0 radical (unpaired) electrons. The summed E-state index contributed by atoms with van der Waals surface area (Å²) >= 11 is 0. The largest absolute Gasteiger partial charge is 0.416 e. The quantitative estimate of drug-likeness (QED) is 0.171. The van der Waals surface area contributed by atoms with Crippen LogP contribution < -0.4 is 0 Å². The highest BCUT2D eigenvalue weighted by Crippen LogP contribution is 2.44. The van der Waals surface area contributed by atoms with Crippen LogP contribution in [0.3, 0.4) is 0 Å². The zero-order chi connectivity index (χ0) is 28.9. The Kier molecular flexibility index (Phi) is 12.1. The summed E-state index contributed by atoms with van der Waals surface area (Å²) in [4.78, 5) is 0. The van der Waals surface area contributed by atoms with Gasteiger partial charge in [0.05, 0.1) is 18.8 Å². The van der Waals surface area contributed by atoms with Crippen molar-refractivity contribution in [2.75, 3.05) is 6.61 Å². The van der Waals surface area contributed by atoms with Gasteiger partial charge < -0.3 is 13.6 Å². The highest BCUT2D eigenvalue weighted by atomic mass is 28.4. The molecule has 214 valence electrons.